The average molecular weight is 450 g/mol. The minimum atomic E-state index is -3.72. The molecule has 0 bridgehead atoms. The Morgan fingerprint density at radius 1 is 1.03 bits per heavy atom. The predicted octanol–water partition coefficient (Wildman–Crippen LogP) is 4.76. The number of hydrogen-bond donors (Lipinski definition) is 0. The van der Waals surface area contributed by atoms with E-state index in [1.807, 2.05) is 42.5 Å². The van der Waals surface area contributed by atoms with Gasteiger partial charge in [0.15, 0.2) is 11.5 Å². The monoisotopic (exact) mass is 449 g/mol. The highest BCUT2D eigenvalue weighted by molar-refractivity contribution is 7.91. The number of benzene rings is 2. The van der Waals surface area contributed by atoms with Gasteiger partial charge >= 0.3 is 0 Å². The zero-order chi connectivity index (χ0) is 20.6. The van der Waals surface area contributed by atoms with Gasteiger partial charge < -0.3 is 9.47 Å². The Morgan fingerprint density at radius 3 is 2.34 bits per heavy atom. The standard InChI is InChI=1S/C21H20ClNO4S2/c1-26-17-12-15-10-11-23(29(24,25)20-9-8-19(22)28-20)21(14-6-4-3-5-7-14)16(15)13-18(17)27-2/h3-9,12-13,21H,10-11H2,1-2H3/t21-/m1/s1. The van der Waals surface area contributed by atoms with Gasteiger partial charge in [-0.2, -0.15) is 4.31 Å². The molecule has 1 aromatic heterocycles. The van der Waals surface area contributed by atoms with Crippen LogP contribution in [0.3, 0.4) is 0 Å². The molecule has 0 saturated heterocycles. The van der Waals surface area contributed by atoms with Crippen molar-refractivity contribution in [1.82, 2.24) is 4.31 Å². The lowest BCUT2D eigenvalue weighted by Gasteiger charge is -2.36. The predicted molar refractivity (Wildman–Crippen MR) is 115 cm³/mol. The summed E-state index contributed by atoms with van der Waals surface area (Å²) >= 11 is 7.09. The van der Waals surface area contributed by atoms with E-state index < -0.39 is 16.1 Å². The van der Waals surface area contributed by atoms with Crippen LogP contribution in [0.15, 0.2) is 58.8 Å². The lowest BCUT2D eigenvalue weighted by molar-refractivity contribution is 0.332. The average Bonchev–Trinajstić information content (AvgIpc) is 3.19. The second-order valence-electron chi connectivity index (χ2n) is 6.64. The molecular weight excluding hydrogens is 430 g/mol. The molecule has 152 valence electrons. The normalized spacial score (nSPS) is 17.0. The van der Waals surface area contributed by atoms with E-state index >= 15 is 0 Å². The molecule has 8 heteroatoms. The van der Waals surface area contributed by atoms with Crippen LogP contribution < -0.4 is 9.47 Å². The first kappa shape index (κ1) is 20.2. The zero-order valence-corrected chi connectivity index (χ0v) is 18.4. The molecule has 4 rings (SSSR count). The molecule has 1 aliphatic heterocycles. The van der Waals surface area contributed by atoms with Gasteiger partial charge in [-0.3, -0.25) is 0 Å². The van der Waals surface area contributed by atoms with Gasteiger partial charge in [0.2, 0.25) is 0 Å². The first-order valence-corrected chi connectivity index (χ1v) is 11.7. The molecule has 0 N–H and O–H groups in total. The molecular formula is C21H20ClNO4S2. The number of halogens is 1. The fraction of sp³-hybridized carbons (Fsp3) is 0.238. The van der Waals surface area contributed by atoms with Gasteiger partial charge in [0, 0.05) is 6.54 Å². The van der Waals surface area contributed by atoms with Crippen molar-refractivity contribution in [2.24, 2.45) is 0 Å². The molecule has 0 unspecified atom stereocenters. The molecule has 0 amide bonds. The first-order chi connectivity index (χ1) is 14.0. The molecule has 1 atom stereocenters. The van der Waals surface area contributed by atoms with E-state index in [-0.39, 0.29) is 4.21 Å². The van der Waals surface area contributed by atoms with Crippen LogP contribution in [0.2, 0.25) is 4.34 Å². The molecule has 0 fully saturated rings. The summed E-state index contributed by atoms with van der Waals surface area (Å²) in [7, 11) is -0.549. The number of hydrogen-bond acceptors (Lipinski definition) is 5. The minimum Gasteiger partial charge on any atom is -0.493 e. The third kappa shape index (κ3) is 3.64. The Morgan fingerprint density at radius 2 is 1.72 bits per heavy atom. The van der Waals surface area contributed by atoms with Gasteiger partial charge in [-0.1, -0.05) is 41.9 Å². The highest BCUT2D eigenvalue weighted by atomic mass is 35.5. The molecule has 3 aromatic rings. The second kappa shape index (κ2) is 7.99. The molecule has 0 aliphatic carbocycles. The summed E-state index contributed by atoms with van der Waals surface area (Å²) in [4.78, 5) is 0. The van der Waals surface area contributed by atoms with E-state index in [2.05, 4.69) is 0 Å². The van der Waals surface area contributed by atoms with Crippen molar-refractivity contribution in [2.75, 3.05) is 20.8 Å². The molecule has 29 heavy (non-hydrogen) atoms. The fourth-order valence-corrected chi connectivity index (χ4v) is 6.92. The number of sulfonamides is 1. The molecule has 0 spiro atoms. The summed E-state index contributed by atoms with van der Waals surface area (Å²) in [5.41, 5.74) is 2.84. The largest absolute Gasteiger partial charge is 0.493 e. The van der Waals surface area contributed by atoms with Crippen LogP contribution in [0.1, 0.15) is 22.7 Å². The minimum absolute atomic E-state index is 0.243. The summed E-state index contributed by atoms with van der Waals surface area (Å²) < 4.78 is 40.2. The van der Waals surface area contributed by atoms with Crippen molar-refractivity contribution < 1.29 is 17.9 Å². The maximum absolute atomic E-state index is 13.5. The fourth-order valence-electron chi connectivity index (χ4n) is 3.71. The Labute approximate surface area is 179 Å². The Bertz CT molecular complexity index is 1130. The Balaban J connectivity index is 1.90. The summed E-state index contributed by atoms with van der Waals surface area (Å²) in [6.45, 7) is 0.361. The number of fused-ring (bicyclic) bond motifs is 1. The van der Waals surface area contributed by atoms with E-state index in [9.17, 15) is 8.42 Å². The van der Waals surface area contributed by atoms with Gasteiger partial charge in [0.05, 0.1) is 24.6 Å². The summed E-state index contributed by atoms with van der Waals surface area (Å²) in [5.74, 6) is 1.21. The topological polar surface area (TPSA) is 55.8 Å². The van der Waals surface area contributed by atoms with Crippen LogP contribution in [0.25, 0.3) is 0 Å². The van der Waals surface area contributed by atoms with E-state index in [1.54, 1.807) is 30.7 Å². The van der Waals surface area contributed by atoms with Gasteiger partial charge in [-0.15, -0.1) is 11.3 Å². The van der Waals surface area contributed by atoms with Crippen molar-refractivity contribution in [2.45, 2.75) is 16.7 Å². The van der Waals surface area contributed by atoms with Gasteiger partial charge in [-0.25, -0.2) is 8.42 Å². The Hall–Kier alpha value is -2.06. The van der Waals surface area contributed by atoms with Crippen molar-refractivity contribution >= 4 is 33.0 Å². The molecule has 1 aliphatic rings. The SMILES string of the molecule is COc1cc2c(cc1OC)[C@@H](c1ccccc1)N(S(=O)(=O)c1ccc(Cl)s1)CC2. The number of methoxy groups -OCH3 is 2. The van der Waals surface area contributed by atoms with Crippen molar-refractivity contribution in [3.63, 3.8) is 0 Å². The van der Waals surface area contributed by atoms with Crippen LogP contribution in [-0.4, -0.2) is 33.5 Å². The van der Waals surface area contributed by atoms with E-state index in [4.69, 9.17) is 21.1 Å². The highest BCUT2D eigenvalue weighted by Crippen LogP contribution is 2.43. The van der Waals surface area contributed by atoms with Crippen LogP contribution in [0, 0.1) is 0 Å². The summed E-state index contributed by atoms with van der Waals surface area (Å²) in [5, 5.41) is 0. The molecule has 5 nitrogen and oxygen atoms in total. The van der Waals surface area contributed by atoms with Crippen LogP contribution >= 0.6 is 22.9 Å². The smallest absolute Gasteiger partial charge is 0.253 e. The molecule has 0 radical (unpaired) electrons. The number of nitrogens with zero attached hydrogens (tertiary/aromatic N) is 1. The van der Waals surface area contributed by atoms with Crippen molar-refractivity contribution in [1.29, 1.82) is 0 Å². The third-order valence-electron chi connectivity index (χ3n) is 5.06. The van der Waals surface area contributed by atoms with Crippen LogP contribution in [0.5, 0.6) is 11.5 Å². The van der Waals surface area contributed by atoms with Crippen LogP contribution in [-0.2, 0) is 16.4 Å². The van der Waals surface area contributed by atoms with E-state index in [0.29, 0.717) is 28.8 Å². The summed E-state index contributed by atoms with van der Waals surface area (Å²) in [6.07, 6.45) is 0.581. The lowest BCUT2D eigenvalue weighted by Crippen LogP contribution is -2.40. The number of rotatable bonds is 5. The maximum Gasteiger partial charge on any atom is 0.253 e. The van der Waals surface area contributed by atoms with Gasteiger partial charge in [0.25, 0.3) is 10.0 Å². The quantitative estimate of drug-likeness (QED) is 0.563. The maximum atomic E-state index is 13.5. The van der Waals surface area contributed by atoms with Crippen molar-refractivity contribution in [3.05, 3.63) is 75.6 Å². The third-order valence-corrected chi connectivity index (χ3v) is 8.62. The molecule has 0 saturated carbocycles. The van der Waals surface area contributed by atoms with E-state index in [0.717, 1.165) is 28.0 Å². The first-order valence-electron chi connectivity index (χ1n) is 9.02. The Kier molecular flexibility index (Phi) is 5.57. The second-order valence-corrected chi connectivity index (χ2v) is 10.5. The van der Waals surface area contributed by atoms with Gasteiger partial charge in [0.1, 0.15) is 4.21 Å². The van der Waals surface area contributed by atoms with Crippen molar-refractivity contribution in [3.8, 4) is 11.5 Å². The number of ether oxygens (including phenoxy) is 2. The van der Waals surface area contributed by atoms with Gasteiger partial charge in [-0.05, 0) is 47.4 Å². The zero-order valence-electron chi connectivity index (χ0n) is 16.0. The number of thiophene rings is 1. The molecule has 2 heterocycles. The lowest BCUT2D eigenvalue weighted by atomic mass is 9.89. The molecule has 2 aromatic carbocycles. The van der Waals surface area contributed by atoms with Crippen LogP contribution in [0.4, 0.5) is 0 Å². The summed E-state index contributed by atoms with van der Waals surface area (Å²) in [6, 6.07) is 16.2. The van der Waals surface area contributed by atoms with E-state index in [1.165, 1.54) is 0 Å². The highest BCUT2D eigenvalue weighted by Gasteiger charge is 2.38.